The van der Waals surface area contributed by atoms with Crippen molar-refractivity contribution < 1.29 is 19.1 Å². The Morgan fingerprint density at radius 3 is 2.55 bits per heavy atom. The van der Waals surface area contributed by atoms with E-state index < -0.39 is 5.97 Å². The Bertz CT molecular complexity index is 1730. The Kier molecular flexibility index (Phi) is 8.86. The van der Waals surface area contributed by atoms with Gasteiger partial charge in [-0.3, -0.25) is 4.79 Å². The van der Waals surface area contributed by atoms with E-state index in [1.807, 2.05) is 74.2 Å². The van der Waals surface area contributed by atoms with Crippen molar-refractivity contribution in [3.63, 3.8) is 0 Å². The third-order valence-corrected chi connectivity index (χ3v) is 7.55. The first-order valence-electron chi connectivity index (χ1n) is 14.5. The van der Waals surface area contributed by atoms with Crippen LogP contribution in [0.5, 0.6) is 5.75 Å². The molecule has 11 heteroatoms. The molecular weight excluding hydrogens is 558 g/mol. The number of likely N-dealkylation sites (N-methyl/N-ethyl adjacent to an activating group) is 2. The molecule has 1 fully saturated rings. The molecule has 0 saturated heterocycles. The van der Waals surface area contributed by atoms with E-state index in [1.165, 1.54) is 6.08 Å². The lowest BCUT2D eigenvalue weighted by molar-refractivity contribution is -0.111. The van der Waals surface area contributed by atoms with E-state index in [-0.39, 0.29) is 18.0 Å². The molecule has 11 nitrogen and oxygen atoms in total. The summed E-state index contributed by atoms with van der Waals surface area (Å²) in [7, 11) is 9.51. The standard InChI is InChI=1S/C33H39N7O4/c1-8-29(41)35-24-17-25(28(43-7)18-27(24)39(5)16-15-38(3)4)36-33-34-20(2)30(32(42)44-21-13-14-21)31(37-33)23-19-40(6)26-12-10-9-11-22(23)26/h8-12,17-19,21H,1,13-16H2,2-7H3,(H,35,41)(H,34,36,37). The average Bonchev–Trinajstić information content (AvgIpc) is 3.75. The summed E-state index contributed by atoms with van der Waals surface area (Å²) in [5, 5.41) is 7.16. The van der Waals surface area contributed by atoms with Gasteiger partial charge in [-0.05, 0) is 52.1 Å². The largest absolute Gasteiger partial charge is 0.494 e. The van der Waals surface area contributed by atoms with Crippen LogP contribution in [0, 0.1) is 6.92 Å². The predicted molar refractivity (Wildman–Crippen MR) is 174 cm³/mol. The molecule has 4 aromatic rings. The van der Waals surface area contributed by atoms with E-state index >= 15 is 0 Å². The van der Waals surface area contributed by atoms with Gasteiger partial charge in [0.15, 0.2) is 0 Å². The van der Waals surface area contributed by atoms with Crippen LogP contribution < -0.4 is 20.3 Å². The van der Waals surface area contributed by atoms with Crippen molar-refractivity contribution in [1.29, 1.82) is 0 Å². The van der Waals surface area contributed by atoms with Gasteiger partial charge in [-0.15, -0.1) is 0 Å². The summed E-state index contributed by atoms with van der Waals surface area (Å²) < 4.78 is 13.5. The molecule has 0 spiro atoms. The van der Waals surface area contributed by atoms with Crippen LogP contribution in [-0.2, 0) is 16.6 Å². The highest BCUT2D eigenvalue weighted by Gasteiger charge is 2.31. The van der Waals surface area contributed by atoms with E-state index in [2.05, 4.69) is 27.1 Å². The van der Waals surface area contributed by atoms with E-state index in [4.69, 9.17) is 14.5 Å². The Hall–Kier alpha value is -4.90. The molecule has 0 bridgehead atoms. The zero-order valence-electron chi connectivity index (χ0n) is 26.1. The SMILES string of the molecule is C=CC(=O)Nc1cc(Nc2nc(C)c(C(=O)OC3CC3)c(-c3cn(C)c4ccccc34)n2)c(OC)cc1N(C)CCN(C)C. The number of para-hydroxylation sites is 1. The Labute approximate surface area is 257 Å². The van der Waals surface area contributed by atoms with Crippen molar-refractivity contribution in [3.8, 4) is 17.0 Å². The molecule has 2 N–H and O–H groups in total. The number of carbonyl (C=O) groups excluding carboxylic acids is 2. The number of carbonyl (C=O) groups is 2. The Morgan fingerprint density at radius 1 is 1.11 bits per heavy atom. The summed E-state index contributed by atoms with van der Waals surface area (Å²) in [6.45, 7) is 6.91. The van der Waals surface area contributed by atoms with Gasteiger partial charge < -0.3 is 34.5 Å². The van der Waals surface area contributed by atoms with E-state index in [1.54, 1.807) is 20.1 Å². The van der Waals surface area contributed by atoms with E-state index in [0.29, 0.717) is 34.1 Å². The number of hydrogen-bond donors (Lipinski definition) is 2. The monoisotopic (exact) mass is 597 g/mol. The third-order valence-electron chi connectivity index (χ3n) is 7.55. The second-order valence-electron chi connectivity index (χ2n) is 11.2. The van der Waals surface area contributed by atoms with Crippen LogP contribution in [0.15, 0.2) is 55.3 Å². The maximum Gasteiger partial charge on any atom is 0.342 e. The highest BCUT2D eigenvalue weighted by molar-refractivity contribution is 6.04. The fourth-order valence-corrected chi connectivity index (χ4v) is 5.02. The molecule has 230 valence electrons. The number of nitrogens with one attached hydrogen (secondary N) is 2. The molecule has 2 heterocycles. The highest BCUT2D eigenvalue weighted by atomic mass is 16.5. The topological polar surface area (TPSA) is 114 Å². The molecule has 0 radical (unpaired) electrons. The molecule has 5 rings (SSSR count). The summed E-state index contributed by atoms with van der Waals surface area (Å²) in [4.78, 5) is 39.5. The predicted octanol–water partition coefficient (Wildman–Crippen LogP) is 5.14. The van der Waals surface area contributed by atoms with Crippen molar-refractivity contribution >= 4 is 45.8 Å². The molecule has 2 aromatic heterocycles. The number of amides is 1. The zero-order valence-corrected chi connectivity index (χ0v) is 26.1. The normalized spacial score (nSPS) is 12.7. The summed E-state index contributed by atoms with van der Waals surface area (Å²) in [5.41, 5.74) is 4.97. The summed E-state index contributed by atoms with van der Waals surface area (Å²) >= 11 is 0. The van der Waals surface area contributed by atoms with Crippen molar-refractivity contribution in [1.82, 2.24) is 19.4 Å². The molecule has 0 atom stereocenters. The van der Waals surface area contributed by atoms with Crippen LogP contribution in [0.2, 0.25) is 0 Å². The fourth-order valence-electron chi connectivity index (χ4n) is 5.02. The van der Waals surface area contributed by atoms with E-state index in [0.717, 1.165) is 48.1 Å². The maximum atomic E-state index is 13.4. The van der Waals surface area contributed by atoms with Gasteiger partial charge in [0, 0.05) is 55.9 Å². The van der Waals surface area contributed by atoms with Gasteiger partial charge in [0.2, 0.25) is 11.9 Å². The quantitative estimate of drug-likeness (QED) is 0.169. The van der Waals surface area contributed by atoms with Gasteiger partial charge in [0.1, 0.15) is 17.4 Å². The number of aryl methyl sites for hydroxylation is 2. The minimum Gasteiger partial charge on any atom is -0.494 e. The Balaban J connectivity index is 1.61. The smallest absolute Gasteiger partial charge is 0.342 e. The van der Waals surface area contributed by atoms with Gasteiger partial charge in [0.25, 0.3) is 0 Å². The number of nitrogens with zero attached hydrogens (tertiary/aromatic N) is 5. The molecule has 44 heavy (non-hydrogen) atoms. The molecule has 1 aliphatic rings. The van der Waals surface area contributed by atoms with Crippen LogP contribution in [0.3, 0.4) is 0 Å². The molecule has 0 aliphatic heterocycles. The van der Waals surface area contributed by atoms with E-state index in [9.17, 15) is 9.59 Å². The number of anilines is 4. The second kappa shape index (κ2) is 12.8. The minimum absolute atomic E-state index is 0.0668. The Morgan fingerprint density at radius 2 is 1.86 bits per heavy atom. The summed E-state index contributed by atoms with van der Waals surface area (Å²) in [5.74, 6) is 0.0174. The van der Waals surface area contributed by atoms with Crippen LogP contribution >= 0.6 is 0 Å². The van der Waals surface area contributed by atoms with Crippen molar-refractivity contribution in [2.45, 2.75) is 25.9 Å². The molecular formula is C33H39N7O4. The van der Waals surface area contributed by atoms with Gasteiger partial charge >= 0.3 is 5.97 Å². The molecule has 1 saturated carbocycles. The van der Waals surface area contributed by atoms with Gasteiger partial charge in [0.05, 0.1) is 35.6 Å². The second-order valence-corrected chi connectivity index (χ2v) is 11.2. The molecule has 2 aromatic carbocycles. The number of hydrogen-bond acceptors (Lipinski definition) is 9. The van der Waals surface area contributed by atoms with Crippen molar-refractivity contribution in [3.05, 3.63) is 66.5 Å². The number of rotatable bonds is 12. The first-order chi connectivity index (χ1) is 21.1. The zero-order chi connectivity index (χ0) is 31.5. The third kappa shape index (κ3) is 6.52. The van der Waals surface area contributed by atoms with Crippen molar-refractivity contribution in [2.24, 2.45) is 7.05 Å². The lowest BCUT2D eigenvalue weighted by Gasteiger charge is -2.26. The number of esters is 1. The number of fused-ring (bicyclic) bond motifs is 1. The number of ether oxygens (including phenoxy) is 2. The van der Waals surface area contributed by atoms with Gasteiger partial charge in [-0.1, -0.05) is 24.8 Å². The number of methoxy groups -OCH3 is 1. The number of benzene rings is 2. The maximum absolute atomic E-state index is 13.4. The van der Waals surface area contributed by atoms with Crippen molar-refractivity contribution in [2.75, 3.05) is 56.9 Å². The molecule has 1 aliphatic carbocycles. The first-order valence-corrected chi connectivity index (χ1v) is 14.5. The van der Waals surface area contributed by atoms with Crippen LogP contribution in [0.25, 0.3) is 22.2 Å². The number of aromatic nitrogens is 3. The molecule has 0 unspecified atom stereocenters. The summed E-state index contributed by atoms with van der Waals surface area (Å²) in [6, 6.07) is 11.6. The lowest BCUT2D eigenvalue weighted by atomic mass is 10.0. The summed E-state index contributed by atoms with van der Waals surface area (Å²) in [6.07, 6.45) is 4.84. The van der Waals surface area contributed by atoms with Crippen LogP contribution in [-0.4, -0.2) is 78.8 Å². The fraction of sp³-hybridized carbons (Fsp3) is 0.333. The lowest BCUT2D eigenvalue weighted by Crippen LogP contribution is -2.29. The average molecular weight is 598 g/mol. The van der Waals surface area contributed by atoms with Gasteiger partial charge in [-0.25, -0.2) is 14.8 Å². The highest BCUT2D eigenvalue weighted by Crippen LogP contribution is 2.39. The van der Waals surface area contributed by atoms with Crippen LogP contribution in [0.1, 0.15) is 28.9 Å². The van der Waals surface area contributed by atoms with Gasteiger partial charge in [-0.2, -0.15) is 0 Å². The van der Waals surface area contributed by atoms with Crippen LogP contribution in [0.4, 0.5) is 23.0 Å². The first kappa shape index (κ1) is 30.6. The minimum atomic E-state index is -0.434. The molecule has 1 amide bonds.